The van der Waals surface area contributed by atoms with Gasteiger partial charge in [-0.2, -0.15) is 5.10 Å². The highest BCUT2D eigenvalue weighted by Gasteiger charge is 2.24. The summed E-state index contributed by atoms with van der Waals surface area (Å²) in [6.45, 7) is 9.83. The molecule has 0 radical (unpaired) electrons. The number of anilines is 1. The predicted molar refractivity (Wildman–Crippen MR) is 138 cm³/mol. The lowest BCUT2D eigenvalue weighted by molar-refractivity contribution is -0.132. The number of amides is 2. The number of aromatic nitrogens is 2. The first-order valence-electron chi connectivity index (χ1n) is 11.3. The van der Waals surface area contributed by atoms with Gasteiger partial charge in [0.1, 0.15) is 12.4 Å². The van der Waals surface area contributed by atoms with Crippen LogP contribution in [0.3, 0.4) is 0 Å². The van der Waals surface area contributed by atoms with E-state index in [1.165, 1.54) is 11.0 Å². The first kappa shape index (κ1) is 25.2. The quantitative estimate of drug-likeness (QED) is 0.442. The van der Waals surface area contributed by atoms with Gasteiger partial charge in [-0.15, -0.1) is 0 Å². The zero-order chi connectivity index (χ0) is 24.9. The molecule has 0 fully saturated rings. The molecule has 0 unspecified atom stereocenters. The van der Waals surface area contributed by atoms with Crippen LogP contribution in [-0.4, -0.2) is 39.1 Å². The van der Waals surface area contributed by atoms with Gasteiger partial charge < -0.3 is 10.2 Å². The van der Waals surface area contributed by atoms with Gasteiger partial charge >= 0.3 is 0 Å². The molecule has 1 heterocycles. The van der Waals surface area contributed by atoms with E-state index in [1.807, 2.05) is 68.4 Å². The smallest absolute Gasteiger partial charge is 0.247 e. The van der Waals surface area contributed by atoms with E-state index in [-0.39, 0.29) is 29.8 Å². The topological polar surface area (TPSA) is 67.2 Å². The Kier molecular flexibility index (Phi) is 7.94. The van der Waals surface area contributed by atoms with Crippen molar-refractivity contribution in [3.05, 3.63) is 83.0 Å². The van der Waals surface area contributed by atoms with Crippen LogP contribution in [0.5, 0.6) is 0 Å². The highest BCUT2D eigenvalue weighted by atomic mass is 35.5. The van der Waals surface area contributed by atoms with E-state index in [2.05, 4.69) is 26.1 Å². The number of para-hydroxylation sites is 1. The van der Waals surface area contributed by atoms with Gasteiger partial charge in [0.25, 0.3) is 0 Å². The number of carbonyl (C=O) groups excluding carboxylic acids is 2. The fourth-order valence-electron chi connectivity index (χ4n) is 3.32. The molecule has 0 saturated heterocycles. The van der Waals surface area contributed by atoms with E-state index in [0.717, 1.165) is 11.3 Å². The molecular formula is C27H31ClN4O2. The number of nitrogens with one attached hydrogen (secondary N) is 1. The second-order valence-electron chi connectivity index (χ2n) is 9.38. The number of hydrogen-bond donors (Lipinski definition) is 1. The minimum atomic E-state index is -0.316. The van der Waals surface area contributed by atoms with Gasteiger partial charge in [-0.25, -0.2) is 4.68 Å². The lowest BCUT2D eigenvalue weighted by atomic mass is 9.92. The van der Waals surface area contributed by atoms with Crippen molar-refractivity contribution >= 4 is 35.3 Å². The third-order valence-corrected chi connectivity index (χ3v) is 5.58. The zero-order valence-corrected chi connectivity index (χ0v) is 21.0. The number of benzene rings is 2. The summed E-state index contributed by atoms with van der Waals surface area (Å²) < 4.78 is 1.64. The third kappa shape index (κ3) is 6.35. The van der Waals surface area contributed by atoms with Gasteiger partial charge in [-0.05, 0) is 37.6 Å². The second-order valence-corrected chi connectivity index (χ2v) is 9.79. The monoisotopic (exact) mass is 478 g/mol. The molecule has 0 aliphatic heterocycles. The summed E-state index contributed by atoms with van der Waals surface area (Å²) in [4.78, 5) is 27.4. The molecule has 3 rings (SSSR count). The van der Waals surface area contributed by atoms with Crippen LogP contribution in [0.15, 0.2) is 66.7 Å². The van der Waals surface area contributed by atoms with Gasteiger partial charge in [0.15, 0.2) is 0 Å². The molecule has 0 atom stereocenters. The Morgan fingerprint density at radius 3 is 2.35 bits per heavy atom. The van der Waals surface area contributed by atoms with Crippen LogP contribution in [0.2, 0.25) is 5.02 Å². The van der Waals surface area contributed by atoms with Gasteiger partial charge in [-0.1, -0.05) is 74.8 Å². The highest BCUT2D eigenvalue weighted by Crippen LogP contribution is 2.29. The van der Waals surface area contributed by atoms with Crippen molar-refractivity contribution < 1.29 is 9.59 Å². The molecule has 2 aromatic carbocycles. The number of halogens is 1. The van der Waals surface area contributed by atoms with E-state index >= 15 is 0 Å². The minimum Gasteiger partial charge on any atom is -0.327 e. The number of nitrogens with zero attached hydrogens (tertiary/aromatic N) is 3. The number of rotatable bonds is 7. The molecule has 2 amide bonds. The largest absolute Gasteiger partial charge is 0.327 e. The van der Waals surface area contributed by atoms with Crippen molar-refractivity contribution in [1.29, 1.82) is 0 Å². The van der Waals surface area contributed by atoms with Gasteiger partial charge in [0.05, 0.1) is 16.4 Å². The van der Waals surface area contributed by atoms with Crippen molar-refractivity contribution in [1.82, 2.24) is 14.7 Å². The van der Waals surface area contributed by atoms with Crippen LogP contribution in [0.4, 0.5) is 5.82 Å². The molecule has 1 N–H and O–H groups in total. The highest BCUT2D eigenvalue weighted by molar-refractivity contribution is 6.32. The van der Waals surface area contributed by atoms with Crippen LogP contribution in [-0.2, 0) is 15.0 Å². The maximum absolute atomic E-state index is 13.0. The average molecular weight is 479 g/mol. The van der Waals surface area contributed by atoms with Gasteiger partial charge in [0.2, 0.25) is 11.8 Å². The molecule has 7 heteroatoms. The SMILES string of the molecule is CC(C)N(CC(=O)Nc1cc(C(C)(C)C)nn1-c1ccccc1Cl)C(=O)C=Cc1ccccc1. The summed E-state index contributed by atoms with van der Waals surface area (Å²) in [7, 11) is 0. The summed E-state index contributed by atoms with van der Waals surface area (Å²) in [6, 6.07) is 18.6. The van der Waals surface area contributed by atoms with Gasteiger partial charge in [0, 0.05) is 23.6 Å². The summed E-state index contributed by atoms with van der Waals surface area (Å²) in [5.41, 5.74) is 2.17. The van der Waals surface area contributed by atoms with Crippen LogP contribution in [0.25, 0.3) is 11.8 Å². The van der Waals surface area contributed by atoms with Crippen molar-refractivity contribution in [3.63, 3.8) is 0 Å². The molecule has 1 aromatic heterocycles. The van der Waals surface area contributed by atoms with E-state index in [1.54, 1.807) is 16.8 Å². The Hall–Kier alpha value is -3.38. The predicted octanol–water partition coefficient (Wildman–Crippen LogP) is 5.71. The first-order chi connectivity index (χ1) is 16.1. The van der Waals surface area contributed by atoms with Crippen LogP contribution in [0, 0.1) is 0 Å². The Balaban J connectivity index is 1.82. The minimum absolute atomic E-state index is 0.0891. The molecular weight excluding hydrogens is 448 g/mol. The molecule has 34 heavy (non-hydrogen) atoms. The molecule has 0 aliphatic rings. The molecule has 0 aliphatic carbocycles. The molecule has 178 valence electrons. The van der Waals surface area contributed by atoms with E-state index in [0.29, 0.717) is 16.5 Å². The molecule has 3 aromatic rings. The van der Waals surface area contributed by atoms with Crippen molar-refractivity contribution in [2.75, 3.05) is 11.9 Å². The van der Waals surface area contributed by atoms with E-state index < -0.39 is 0 Å². The first-order valence-corrected chi connectivity index (χ1v) is 11.6. The summed E-state index contributed by atoms with van der Waals surface area (Å²) >= 11 is 6.41. The fourth-order valence-corrected chi connectivity index (χ4v) is 3.54. The lowest BCUT2D eigenvalue weighted by Crippen LogP contribution is -2.41. The Bertz CT molecular complexity index is 1180. The maximum atomic E-state index is 13.0. The molecule has 0 spiro atoms. The van der Waals surface area contributed by atoms with E-state index in [9.17, 15) is 9.59 Å². The standard InChI is InChI=1S/C27H31ClN4O2/c1-19(2)31(26(34)16-15-20-11-7-6-8-12-20)18-25(33)29-24-17-23(27(3,4)5)30-32(24)22-14-10-9-13-21(22)28/h6-17,19H,18H2,1-5H3,(H,29,33). The lowest BCUT2D eigenvalue weighted by Gasteiger charge is -2.25. The Morgan fingerprint density at radius 2 is 1.74 bits per heavy atom. The van der Waals surface area contributed by atoms with Gasteiger partial charge in [-0.3, -0.25) is 9.59 Å². The van der Waals surface area contributed by atoms with Crippen LogP contribution >= 0.6 is 11.6 Å². The Morgan fingerprint density at radius 1 is 1.09 bits per heavy atom. The molecule has 0 saturated carbocycles. The summed E-state index contributed by atoms with van der Waals surface area (Å²) in [5.74, 6) is -0.0492. The van der Waals surface area contributed by atoms with Crippen molar-refractivity contribution in [2.24, 2.45) is 0 Å². The summed E-state index contributed by atoms with van der Waals surface area (Å²) in [6.07, 6.45) is 3.24. The summed E-state index contributed by atoms with van der Waals surface area (Å²) in [5, 5.41) is 8.15. The maximum Gasteiger partial charge on any atom is 0.247 e. The van der Waals surface area contributed by atoms with Crippen LogP contribution in [0.1, 0.15) is 45.9 Å². The molecule has 0 bridgehead atoms. The third-order valence-electron chi connectivity index (χ3n) is 5.26. The zero-order valence-electron chi connectivity index (χ0n) is 20.2. The fraction of sp³-hybridized carbons (Fsp3) is 0.296. The second kappa shape index (κ2) is 10.7. The van der Waals surface area contributed by atoms with Crippen molar-refractivity contribution in [3.8, 4) is 5.69 Å². The van der Waals surface area contributed by atoms with Crippen LogP contribution < -0.4 is 5.32 Å². The molecule has 6 nitrogen and oxygen atoms in total. The van der Waals surface area contributed by atoms with E-state index in [4.69, 9.17) is 16.7 Å². The number of carbonyl (C=O) groups is 2. The van der Waals surface area contributed by atoms with Crippen molar-refractivity contribution in [2.45, 2.75) is 46.1 Å². The Labute approximate surface area is 206 Å². The normalized spacial score (nSPS) is 11.7. The number of hydrogen-bond acceptors (Lipinski definition) is 3. The average Bonchev–Trinajstić information content (AvgIpc) is 3.20.